The highest BCUT2D eigenvalue weighted by atomic mass is 32.2. The van der Waals surface area contributed by atoms with Crippen molar-refractivity contribution in [3.05, 3.63) is 42.1 Å². The first-order valence-corrected chi connectivity index (χ1v) is 6.92. The van der Waals surface area contributed by atoms with Crippen LogP contribution < -0.4 is 11.3 Å². The van der Waals surface area contributed by atoms with E-state index in [4.69, 9.17) is 5.84 Å². The molecule has 0 spiro atoms. The number of hydrogen-bond donors (Lipinski definition) is 2. The van der Waals surface area contributed by atoms with E-state index in [1.165, 1.54) is 11.8 Å². The van der Waals surface area contributed by atoms with Crippen LogP contribution >= 0.6 is 11.8 Å². The van der Waals surface area contributed by atoms with Crippen molar-refractivity contribution >= 4 is 17.7 Å². The predicted molar refractivity (Wildman–Crippen MR) is 77.9 cm³/mol. The number of nitrogen functional groups attached to an aromatic ring is 1. The zero-order chi connectivity index (χ0) is 14.7. The van der Waals surface area contributed by atoms with Crippen molar-refractivity contribution in [2.75, 3.05) is 5.43 Å². The van der Waals surface area contributed by atoms with Crippen molar-refractivity contribution in [3.8, 4) is 5.69 Å². The van der Waals surface area contributed by atoms with E-state index in [-0.39, 0.29) is 0 Å². The summed E-state index contributed by atoms with van der Waals surface area (Å²) in [6, 6.07) is 11.5. The van der Waals surface area contributed by atoms with Gasteiger partial charge < -0.3 is 0 Å². The van der Waals surface area contributed by atoms with Crippen LogP contribution in [0.15, 0.2) is 46.6 Å². The zero-order valence-electron chi connectivity index (χ0n) is 11.1. The van der Waals surface area contributed by atoms with E-state index in [1.807, 2.05) is 43.3 Å². The summed E-state index contributed by atoms with van der Waals surface area (Å²) in [5.74, 6) is 5.71. The molecule has 106 valence electrons. The molecule has 3 aromatic rings. The average Bonchev–Trinajstić information content (AvgIpc) is 2.95. The number of rotatable bonds is 4. The molecule has 0 fully saturated rings. The zero-order valence-corrected chi connectivity index (χ0v) is 11.9. The molecule has 0 aliphatic rings. The minimum atomic E-state index is 0.358. The Balaban J connectivity index is 1.93. The molecule has 0 radical (unpaired) electrons. The lowest BCUT2D eigenvalue weighted by Gasteiger charge is -2.05. The van der Waals surface area contributed by atoms with Gasteiger partial charge in [-0.3, -0.25) is 5.43 Å². The molecule has 0 amide bonds. The lowest BCUT2D eigenvalue weighted by Crippen LogP contribution is -2.11. The molecule has 9 heteroatoms. The number of tetrazole rings is 1. The molecule has 0 aliphatic carbocycles. The van der Waals surface area contributed by atoms with E-state index in [1.54, 1.807) is 4.68 Å². The second-order valence-electron chi connectivity index (χ2n) is 4.13. The maximum atomic E-state index is 5.35. The van der Waals surface area contributed by atoms with E-state index in [0.717, 1.165) is 11.4 Å². The van der Waals surface area contributed by atoms with Crippen LogP contribution in [0.25, 0.3) is 5.69 Å². The second kappa shape index (κ2) is 5.85. The number of hydrogen-bond acceptors (Lipinski definition) is 8. The van der Waals surface area contributed by atoms with Gasteiger partial charge in [0.25, 0.3) is 0 Å². The summed E-state index contributed by atoms with van der Waals surface area (Å²) in [7, 11) is 0. The van der Waals surface area contributed by atoms with E-state index in [0.29, 0.717) is 16.1 Å². The molecule has 21 heavy (non-hydrogen) atoms. The standard InChI is InChI=1S/C12H12N8S/c1-8-7-10(15-11(14-8)16-13)21-12-17-18-19-20(12)9-5-3-2-4-6-9/h2-7H,13H2,1H3,(H,14,15,16). The van der Waals surface area contributed by atoms with Gasteiger partial charge in [-0.25, -0.2) is 15.8 Å². The van der Waals surface area contributed by atoms with Crippen molar-refractivity contribution in [3.63, 3.8) is 0 Å². The fraction of sp³-hybridized carbons (Fsp3) is 0.0833. The lowest BCUT2D eigenvalue weighted by molar-refractivity contribution is 0.756. The van der Waals surface area contributed by atoms with Crippen LogP contribution in [-0.4, -0.2) is 30.2 Å². The molecule has 8 nitrogen and oxygen atoms in total. The van der Waals surface area contributed by atoms with Gasteiger partial charge in [0.05, 0.1) is 5.69 Å². The number of anilines is 1. The quantitative estimate of drug-likeness (QED) is 0.420. The maximum Gasteiger partial charge on any atom is 0.238 e. The molecule has 3 N–H and O–H groups in total. The predicted octanol–water partition coefficient (Wildman–Crippen LogP) is 1.20. The summed E-state index contributed by atoms with van der Waals surface area (Å²) in [4.78, 5) is 8.41. The van der Waals surface area contributed by atoms with Crippen LogP contribution in [0, 0.1) is 6.92 Å². The largest absolute Gasteiger partial charge is 0.292 e. The van der Waals surface area contributed by atoms with Crippen LogP contribution in [0.2, 0.25) is 0 Å². The van der Waals surface area contributed by atoms with Gasteiger partial charge >= 0.3 is 0 Å². The van der Waals surface area contributed by atoms with E-state index in [9.17, 15) is 0 Å². The molecule has 1 aromatic carbocycles. The summed E-state index contributed by atoms with van der Waals surface area (Å²) in [5.41, 5.74) is 4.13. The number of hydrazine groups is 1. The Morgan fingerprint density at radius 1 is 1.19 bits per heavy atom. The number of nitrogens with one attached hydrogen (secondary N) is 1. The SMILES string of the molecule is Cc1cc(Sc2nnnn2-c2ccccc2)nc(NN)n1. The first-order chi connectivity index (χ1) is 10.3. The highest BCUT2D eigenvalue weighted by Crippen LogP contribution is 2.26. The fourth-order valence-corrected chi connectivity index (χ4v) is 2.58. The summed E-state index contributed by atoms with van der Waals surface area (Å²) in [5, 5.41) is 13.1. The summed E-state index contributed by atoms with van der Waals surface area (Å²) < 4.78 is 1.65. The Labute approximate surface area is 124 Å². The van der Waals surface area contributed by atoms with Gasteiger partial charge in [-0.15, -0.1) is 5.10 Å². The third kappa shape index (κ3) is 2.98. The minimum Gasteiger partial charge on any atom is -0.292 e. The van der Waals surface area contributed by atoms with Gasteiger partial charge in [-0.05, 0) is 47.3 Å². The number of para-hydroxylation sites is 1. The van der Waals surface area contributed by atoms with Crippen molar-refractivity contribution in [1.82, 2.24) is 30.2 Å². The molecule has 0 saturated heterocycles. The molecule has 2 heterocycles. The maximum absolute atomic E-state index is 5.35. The normalized spacial score (nSPS) is 10.6. The van der Waals surface area contributed by atoms with E-state index in [2.05, 4.69) is 30.9 Å². The smallest absolute Gasteiger partial charge is 0.238 e. The van der Waals surface area contributed by atoms with Crippen molar-refractivity contribution in [2.24, 2.45) is 5.84 Å². The van der Waals surface area contributed by atoms with Crippen molar-refractivity contribution in [1.29, 1.82) is 0 Å². The Morgan fingerprint density at radius 3 is 2.76 bits per heavy atom. The van der Waals surface area contributed by atoms with Crippen LogP contribution in [-0.2, 0) is 0 Å². The highest BCUT2D eigenvalue weighted by Gasteiger charge is 2.12. The topological polar surface area (TPSA) is 107 Å². The Kier molecular flexibility index (Phi) is 3.75. The van der Waals surface area contributed by atoms with Gasteiger partial charge in [0.1, 0.15) is 5.03 Å². The van der Waals surface area contributed by atoms with E-state index >= 15 is 0 Å². The monoisotopic (exact) mass is 300 g/mol. The molecular formula is C12H12N8S. The number of benzene rings is 1. The molecule has 3 rings (SSSR count). The van der Waals surface area contributed by atoms with Gasteiger partial charge in [-0.1, -0.05) is 18.2 Å². The Bertz CT molecular complexity index is 742. The lowest BCUT2D eigenvalue weighted by atomic mass is 10.3. The summed E-state index contributed by atoms with van der Waals surface area (Å²) >= 11 is 1.34. The first-order valence-electron chi connectivity index (χ1n) is 6.10. The summed E-state index contributed by atoms with van der Waals surface area (Å²) in [6.45, 7) is 1.87. The van der Waals surface area contributed by atoms with Crippen molar-refractivity contribution in [2.45, 2.75) is 17.1 Å². The molecule has 0 atom stereocenters. The van der Waals surface area contributed by atoms with Crippen LogP contribution in [0.3, 0.4) is 0 Å². The van der Waals surface area contributed by atoms with Crippen LogP contribution in [0.4, 0.5) is 5.95 Å². The number of aryl methyl sites for hydroxylation is 1. The Morgan fingerprint density at radius 2 is 2.00 bits per heavy atom. The molecule has 0 saturated carbocycles. The Hall–Kier alpha value is -2.52. The molecule has 0 unspecified atom stereocenters. The molecular weight excluding hydrogens is 288 g/mol. The van der Waals surface area contributed by atoms with Crippen LogP contribution in [0.1, 0.15) is 5.69 Å². The van der Waals surface area contributed by atoms with Gasteiger partial charge in [-0.2, -0.15) is 4.68 Å². The molecule has 0 bridgehead atoms. The highest BCUT2D eigenvalue weighted by molar-refractivity contribution is 7.99. The van der Waals surface area contributed by atoms with E-state index < -0.39 is 0 Å². The van der Waals surface area contributed by atoms with Gasteiger partial charge in [0, 0.05) is 5.69 Å². The number of nitrogens with zero attached hydrogens (tertiary/aromatic N) is 6. The van der Waals surface area contributed by atoms with Crippen LogP contribution in [0.5, 0.6) is 0 Å². The van der Waals surface area contributed by atoms with Crippen molar-refractivity contribution < 1.29 is 0 Å². The third-order valence-electron chi connectivity index (χ3n) is 2.60. The van der Waals surface area contributed by atoms with Gasteiger partial charge in [0.15, 0.2) is 0 Å². The second-order valence-corrected chi connectivity index (χ2v) is 5.11. The molecule has 2 aromatic heterocycles. The minimum absolute atomic E-state index is 0.358. The first kappa shape index (κ1) is 13.5. The molecule has 0 aliphatic heterocycles. The third-order valence-corrected chi connectivity index (χ3v) is 3.45. The summed E-state index contributed by atoms with van der Waals surface area (Å²) in [6.07, 6.45) is 0. The number of nitrogens with two attached hydrogens (primary N) is 1. The van der Waals surface area contributed by atoms with Gasteiger partial charge in [0.2, 0.25) is 11.1 Å². The fourth-order valence-electron chi connectivity index (χ4n) is 1.72. The number of aromatic nitrogens is 6. The average molecular weight is 300 g/mol.